The molecule has 0 aliphatic heterocycles. The van der Waals surface area contributed by atoms with Crippen molar-refractivity contribution in [1.82, 2.24) is 4.98 Å². The molecule has 0 amide bonds. The molecule has 0 bridgehead atoms. The minimum atomic E-state index is -1.26. The molecule has 1 radical (unpaired) electrons. The van der Waals surface area contributed by atoms with Gasteiger partial charge in [0.25, 0.3) is 0 Å². The van der Waals surface area contributed by atoms with E-state index < -0.39 is 17.5 Å². The number of aryl methyl sites for hydroxylation is 1. The van der Waals surface area contributed by atoms with Crippen LogP contribution < -0.4 is 0 Å². The molecule has 1 nitrogen and oxygen atoms in total. The van der Waals surface area contributed by atoms with Crippen molar-refractivity contribution >= 4 is 0 Å². The van der Waals surface area contributed by atoms with Crippen LogP contribution in [0.2, 0.25) is 0 Å². The molecule has 0 aliphatic carbocycles. The normalized spacial score (nSPS) is 9.88. The molecule has 0 saturated carbocycles. The maximum Gasteiger partial charge on any atom is 0.0756 e. The number of halogens is 3. The smallest absolute Gasteiger partial charge is 0.0756 e. The predicted octanol–water partition coefficient (Wildman–Crippen LogP) is 3.27. The molecule has 0 spiro atoms. The molecule has 0 saturated heterocycles. The van der Waals surface area contributed by atoms with Crippen LogP contribution in [0.25, 0.3) is 11.3 Å². The number of rotatable bonds is 1. The van der Waals surface area contributed by atoms with Gasteiger partial charge in [0.15, 0.2) is 0 Å². The zero-order valence-corrected chi connectivity index (χ0v) is 11.1. The van der Waals surface area contributed by atoms with E-state index in [9.17, 15) is 13.2 Å². The van der Waals surface area contributed by atoms with Crippen LogP contribution >= 0.6 is 0 Å². The number of nitrogens with zero attached hydrogens (tertiary/aromatic N) is 1. The van der Waals surface area contributed by atoms with Crippen LogP contribution in [0.3, 0.4) is 0 Å². The Kier molecular flexibility index (Phi) is 4.43. The molecule has 17 heavy (non-hydrogen) atoms. The third kappa shape index (κ3) is 2.93. The molecule has 0 fully saturated rings. The zero-order chi connectivity index (χ0) is 11.7. The monoisotopic (exact) mass is 415 g/mol. The second-order valence-electron chi connectivity index (χ2n) is 3.32. The molecule has 0 aliphatic rings. The van der Waals surface area contributed by atoms with Gasteiger partial charge in [0, 0.05) is 31.6 Å². The summed E-state index contributed by atoms with van der Waals surface area (Å²) < 4.78 is 39.0. The van der Waals surface area contributed by atoms with Crippen LogP contribution in [-0.2, 0) is 20.1 Å². The molecular formula is C12H7F3IrN-. The summed E-state index contributed by atoms with van der Waals surface area (Å²) in [6, 6.07) is 7.40. The van der Waals surface area contributed by atoms with E-state index in [1.165, 1.54) is 6.07 Å². The van der Waals surface area contributed by atoms with Gasteiger partial charge in [0.05, 0.1) is 11.6 Å². The molecule has 91 valence electrons. The van der Waals surface area contributed by atoms with Gasteiger partial charge in [-0.3, -0.25) is 8.78 Å². The van der Waals surface area contributed by atoms with Crippen LogP contribution in [0.15, 0.2) is 24.3 Å². The van der Waals surface area contributed by atoms with Crippen molar-refractivity contribution in [2.45, 2.75) is 6.92 Å². The molecule has 0 atom stereocenters. The van der Waals surface area contributed by atoms with Crippen LogP contribution in [0.5, 0.6) is 0 Å². The molecular weight excluding hydrogens is 407 g/mol. The average molecular weight is 414 g/mol. The standard InChI is InChI=1S/C12H7F3N.Ir/c1-7-3-2-4-12(16-7)8-5-10(14)11(15)6-9(8)13;/h2-4,6H,1H3;/q-1;. The van der Waals surface area contributed by atoms with Gasteiger partial charge in [0.1, 0.15) is 0 Å². The maximum atomic E-state index is 13.4. The Labute approximate surface area is 110 Å². The van der Waals surface area contributed by atoms with Crippen molar-refractivity contribution in [3.63, 3.8) is 0 Å². The molecule has 5 heteroatoms. The van der Waals surface area contributed by atoms with E-state index in [2.05, 4.69) is 4.98 Å². The molecule has 1 aromatic carbocycles. The summed E-state index contributed by atoms with van der Waals surface area (Å²) in [5.74, 6) is -3.34. The predicted molar refractivity (Wildman–Crippen MR) is 53.1 cm³/mol. The van der Waals surface area contributed by atoms with Crippen molar-refractivity contribution in [3.05, 3.63) is 53.5 Å². The van der Waals surface area contributed by atoms with Gasteiger partial charge in [0.2, 0.25) is 0 Å². The first kappa shape index (κ1) is 13.9. The molecule has 0 unspecified atom stereocenters. The molecule has 1 heterocycles. The topological polar surface area (TPSA) is 12.9 Å². The maximum absolute atomic E-state index is 13.4. The minimum absolute atomic E-state index is 0. The summed E-state index contributed by atoms with van der Waals surface area (Å²) in [6.45, 7) is 1.72. The van der Waals surface area contributed by atoms with Crippen LogP contribution in [0.1, 0.15) is 5.69 Å². The van der Waals surface area contributed by atoms with Gasteiger partial charge in [-0.2, -0.15) is 0 Å². The van der Waals surface area contributed by atoms with E-state index in [0.717, 1.165) is 0 Å². The van der Waals surface area contributed by atoms with E-state index in [4.69, 9.17) is 0 Å². The Morgan fingerprint density at radius 1 is 1.12 bits per heavy atom. The summed E-state index contributed by atoms with van der Waals surface area (Å²) in [5.41, 5.74) is 0.731. The van der Waals surface area contributed by atoms with E-state index >= 15 is 0 Å². The van der Waals surface area contributed by atoms with Crippen LogP contribution in [0, 0.1) is 30.4 Å². The SMILES string of the molecule is Cc1cccc(-c2[c-]c(F)c(F)cc2F)n1.[Ir]. The third-order valence-electron chi connectivity index (χ3n) is 2.08. The van der Waals surface area contributed by atoms with Gasteiger partial charge in [-0.1, -0.05) is 29.8 Å². The van der Waals surface area contributed by atoms with Gasteiger partial charge in [-0.05, 0) is 18.7 Å². The van der Waals surface area contributed by atoms with E-state index in [1.807, 2.05) is 6.07 Å². The second kappa shape index (κ2) is 5.43. The summed E-state index contributed by atoms with van der Waals surface area (Å²) in [6.07, 6.45) is 0. The van der Waals surface area contributed by atoms with Crippen molar-refractivity contribution in [2.75, 3.05) is 0 Å². The first-order chi connectivity index (χ1) is 7.58. The minimum Gasteiger partial charge on any atom is -0.302 e. The Morgan fingerprint density at radius 2 is 1.82 bits per heavy atom. The Hall–Kier alpha value is -1.19. The second-order valence-corrected chi connectivity index (χ2v) is 3.32. The first-order valence-electron chi connectivity index (χ1n) is 4.59. The first-order valence-corrected chi connectivity index (χ1v) is 4.59. The van der Waals surface area contributed by atoms with Crippen molar-refractivity contribution in [3.8, 4) is 11.3 Å². The zero-order valence-electron chi connectivity index (χ0n) is 8.72. The number of hydrogen-bond donors (Lipinski definition) is 0. The molecule has 0 N–H and O–H groups in total. The van der Waals surface area contributed by atoms with Crippen molar-refractivity contribution < 1.29 is 33.3 Å². The van der Waals surface area contributed by atoms with Crippen LogP contribution in [0.4, 0.5) is 13.2 Å². The third-order valence-corrected chi connectivity index (χ3v) is 2.08. The van der Waals surface area contributed by atoms with Gasteiger partial charge < -0.3 is 4.98 Å². The molecule has 2 aromatic rings. The number of hydrogen-bond acceptors (Lipinski definition) is 1. The summed E-state index contributed by atoms with van der Waals surface area (Å²) in [4.78, 5) is 4.01. The quantitative estimate of drug-likeness (QED) is 0.516. The fraction of sp³-hybridized carbons (Fsp3) is 0.0833. The number of benzene rings is 1. The van der Waals surface area contributed by atoms with Crippen molar-refractivity contribution in [1.29, 1.82) is 0 Å². The average Bonchev–Trinajstić information content (AvgIpc) is 2.23. The largest absolute Gasteiger partial charge is 0.302 e. The molecule has 2 rings (SSSR count). The fourth-order valence-electron chi connectivity index (χ4n) is 1.34. The Morgan fingerprint density at radius 3 is 2.47 bits per heavy atom. The van der Waals surface area contributed by atoms with E-state index in [0.29, 0.717) is 11.8 Å². The van der Waals surface area contributed by atoms with Gasteiger partial charge >= 0.3 is 0 Å². The molecule has 1 aromatic heterocycles. The summed E-state index contributed by atoms with van der Waals surface area (Å²) >= 11 is 0. The summed E-state index contributed by atoms with van der Waals surface area (Å²) in [7, 11) is 0. The Bertz CT molecular complexity index is 543. The van der Waals surface area contributed by atoms with E-state index in [1.54, 1.807) is 19.1 Å². The number of pyridine rings is 1. The van der Waals surface area contributed by atoms with Crippen molar-refractivity contribution in [2.24, 2.45) is 0 Å². The summed E-state index contributed by atoms with van der Waals surface area (Å²) in [5, 5.41) is 0. The van der Waals surface area contributed by atoms with E-state index in [-0.39, 0.29) is 31.4 Å². The van der Waals surface area contributed by atoms with Crippen LogP contribution in [-0.4, -0.2) is 4.98 Å². The van der Waals surface area contributed by atoms with Gasteiger partial charge in [-0.25, -0.2) is 4.39 Å². The van der Waals surface area contributed by atoms with Gasteiger partial charge in [-0.15, -0.1) is 0 Å². The number of aromatic nitrogens is 1. The fourth-order valence-corrected chi connectivity index (χ4v) is 1.34. The Balaban J connectivity index is 0.00000144.